The third-order valence-corrected chi connectivity index (χ3v) is 3.64. The predicted octanol–water partition coefficient (Wildman–Crippen LogP) is 2.65. The van der Waals surface area contributed by atoms with Gasteiger partial charge in [-0.3, -0.25) is 0 Å². The second-order valence-electron chi connectivity index (χ2n) is 4.26. The van der Waals surface area contributed by atoms with Gasteiger partial charge in [0.05, 0.1) is 4.47 Å². The lowest BCUT2D eigenvalue weighted by Crippen LogP contribution is -2.30. The highest BCUT2D eigenvalue weighted by atomic mass is 79.9. The maximum Gasteiger partial charge on any atom is 0.140 e. The van der Waals surface area contributed by atoms with Gasteiger partial charge in [-0.2, -0.15) is 0 Å². The van der Waals surface area contributed by atoms with Crippen LogP contribution in [0.3, 0.4) is 0 Å². The van der Waals surface area contributed by atoms with Gasteiger partial charge in [0.2, 0.25) is 0 Å². The number of anilines is 1. The Morgan fingerprint density at radius 1 is 1.56 bits per heavy atom. The molecule has 1 aliphatic rings. The van der Waals surface area contributed by atoms with Gasteiger partial charge in [-0.1, -0.05) is 0 Å². The molecule has 2 heterocycles. The van der Waals surface area contributed by atoms with E-state index in [0.29, 0.717) is 0 Å². The van der Waals surface area contributed by atoms with Gasteiger partial charge < -0.3 is 10.6 Å². The average Bonchev–Trinajstić information content (AvgIpc) is 2.33. The van der Waals surface area contributed by atoms with Crippen LogP contribution in [-0.4, -0.2) is 24.6 Å². The third-order valence-electron chi connectivity index (χ3n) is 3.00. The van der Waals surface area contributed by atoms with Crippen molar-refractivity contribution in [2.45, 2.75) is 19.3 Å². The molecule has 0 amide bonds. The Bertz CT molecular complexity index is 324. The summed E-state index contributed by atoms with van der Waals surface area (Å²) in [4.78, 5) is 4.29. The maximum atomic E-state index is 4.29. The van der Waals surface area contributed by atoms with Crippen LogP contribution in [0.5, 0.6) is 0 Å². The Kier molecular flexibility index (Phi) is 4.60. The first-order valence-corrected chi connectivity index (χ1v) is 6.70. The van der Waals surface area contributed by atoms with Crippen LogP contribution in [0.4, 0.5) is 5.82 Å². The first-order chi connectivity index (χ1) is 7.86. The van der Waals surface area contributed by atoms with Crippen LogP contribution in [0.2, 0.25) is 0 Å². The standard InChI is InChI=1S/C12H18BrN3/c13-11-4-2-7-15-12(11)16-8-5-10-3-1-6-14-9-10/h2,4,7,10,14H,1,3,5-6,8-9H2,(H,15,16). The molecule has 0 saturated carbocycles. The van der Waals surface area contributed by atoms with E-state index in [4.69, 9.17) is 0 Å². The molecule has 16 heavy (non-hydrogen) atoms. The number of nitrogens with one attached hydrogen (secondary N) is 2. The highest BCUT2D eigenvalue weighted by Gasteiger charge is 2.12. The normalized spacial score (nSPS) is 20.7. The summed E-state index contributed by atoms with van der Waals surface area (Å²) in [6.45, 7) is 3.36. The fraction of sp³-hybridized carbons (Fsp3) is 0.583. The lowest BCUT2D eigenvalue weighted by atomic mass is 9.96. The van der Waals surface area contributed by atoms with Crippen LogP contribution >= 0.6 is 15.9 Å². The van der Waals surface area contributed by atoms with E-state index in [1.165, 1.54) is 32.4 Å². The second-order valence-corrected chi connectivity index (χ2v) is 5.12. The Hall–Kier alpha value is -0.610. The zero-order valence-electron chi connectivity index (χ0n) is 9.38. The molecule has 3 nitrogen and oxygen atoms in total. The predicted molar refractivity (Wildman–Crippen MR) is 70.6 cm³/mol. The van der Waals surface area contributed by atoms with E-state index in [9.17, 15) is 0 Å². The first kappa shape index (κ1) is 11.9. The van der Waals surface area contributed by atoms with Gasteiger partial charge in [0, 0.05) is 12.7 Å². The van der Waals surface area contributed by atoms with Gasteiger partial charge in [0.25, 0.3) is 0 Å². The Morgan fingerprint density at radius 3 is 3.25 bits per heavy atom. The monoisotopic (exact) mass is 283 g/mol. The molecule has 4 heteroatoms. The molecule has 1 aromatic rings. The van der Waals surface area contributed by atoms with Gasteiger partial charge in [-0.15, -0.1) is 0 Å². The molecule has 1 atom stereocenters. The van der Waals surface area contributed by atoms with E-state index < -0.39 is 0 Å². The molecule has 1 aromatic heterocycles. The average molecular weight is 284 g/mol. The van der Waals surface area contributed by atoms with Crippen LogP contribution in [0.15, 0.2) is 22.8 Å². The number of piperidine rings is 1. The number of rotatable bonds is 4. The van der Waals surface area contributed by atoms with Gasteiger partial charge in [0.1, 0.15) is 5.82 Å². The second kappa shape index (κ2) is 6.21. The molecule has 0 radical (unpaired) electrons. The summed E-state index contributed by atoms with van der Waals surface area (Å²) < 4.78 is 1.04. The summed E-state index contributed by atoms with van der Waals surface area (Å²) in [5.41, 5.74) is 0. The SMILES string of the molecule is Brc1cccnc1NCCC1CCCNC1. The van der Waals surface area contributed by atoms with E-state index in [0.717, 1.165) is 22.8 Å². The van der Waals surface area contributed by atoms with Crippen molar-refractivity contribution < 1.29 is 0 Å². The Morgan fingerprint density at radius 2 is 2.50 bits per heavy atom. The lowest BCUT2D eigenvalue weighted by molar-refractivity contribution is 0.364. The van der Waals surface area contributed by atoms with Crippen molar-refractivity contribution in [1.82, 2.24) is 10.3 Å². The smallest absolute Gasteiger partial charge is 0.140 e. The van der Waals surface area contributed by atoms with Gasteiger partial charge >= 0.3 is 0 Å². The highest BCUT2D eigenvalue weighted by molar-refractivity contribution is 9.10. The lowest BCUT2D eigenvalue weighted by Gasteiger charge is -2.22. The van der Waals surface area contributed by atoms with E-state index >= 15 is 0 Å². The van der Waals surface area contributed by atoms with Crippen LogP contribution in [0, 0.1) is 5.92 Å². The molecule has 88 valence electrons. The van der Waals surface area contributed by atoms with Crippen molar-refractivity contribution in [3.05, 3.63) is 22.8 Å². The topological polar surface area (TPSA) is 37.0 Å². The van der Waals surface area contributed by atoms with Crippen molar-refractivity contribution >= 4 is 21.7 Å². The molecular formula is C12H18BrN3. The molecule has 1 aliphatic heterocycles. The van der Waals surface area contributed by atoms with Crippen molar-refractivity contribution in [3.8, 4) is 0 Å². The summed E-state index contributed by atoms with van der Waals surface area (Å²) in [6, 6.07) is 3.94. The summed E-state index contributed by atoms with van der Waals surface area (Å²) in [7, 11) is 0. The minimum Gasteiger partial charge on any atom is -0.369 e. The first-order valence-electron chi connectivity index (χ1n) is 5.91. The maximum absolute atomic E-state index is 4.29. The summed E-state index contributed by atoms with van der Waals surface area (Å²) in [5, 5.41) is 6.82. The molecule has 0 aromatic carbocycles. The molecule has 1 saturated heterocycles. The van der Waals surface area contributed by atoms with E-state index in [1.54, 1.807) is 0 Å². The summed E-state index contributed by atoms with van der Waals surface area (Å²) in [6.07, 6.45) is 5.71. The van der Waals surface area contributed by atoms with Gasteiger partial charge in [0.15, 0.2) is 0 Å². The van der Waals surface area contributed by atoms with Gasteiger partial charge in [-0.25, -0.2) is 4.98 Å². The van der Waals surface area contributed by atoms with Crippen LogP contribution in [-0.2, 0) is 0 Å². The number of aromatic nitrogens is 1. The van der Waals surface area contributed by atoms with Crippen LogP contribution in [0.25, 0.3) is 0 Å². The fourth-order valence-electron chi connectivity index (χ4n) is 2.08. The van der Waals surface area contributed by atoms with Crippen LogP contribution < -0.4 is 10.6 Å². The molecule has 1 unspecified atom stereocenters. The number of hydrogen-bond donors (Lipinski definition) is 2. The van der Waals surface area contributed by atoms with E-state index in [1.807, 2.05) is 18.3 Å². The van der Waals surface area contributed by atoms with E-state index in [-0.39, 0.29) is 0 Å². The molecule has 0 aliphatic carbocycles. The number of halogens is 1. The summed E-state index contributed by atoms with van der Waals surface area (Å²) in [5.74, 6) is 1.77. The van der Waals surface area contributed by atoms with Gasteiger partial charge in [-0.05, 0) is 66.3 Å². The van der Waals surface area contributed by atoms with E-state index in [2.05, 4.69) is 31.5 Å². The minimum absolute atomic E-state index is 0.823. The Labute approximate surface area is 105 Å². The highest BCUT2D eigenvalue weighted by Crippen LogP contribution is 2.19. The fourth-order valence-corrected chi connectivity index (χ4v) is 2.48. The molecule has 2 N–H and O–H groups in total. The number of nitrogens with zero attached hydrogens (tertiary/aromatic N) is 1. The van der Waals surface area contributed by atoms with Crippen molar-refractivity contribution in [2.24, 2.45) is 5.92 Å². The summed E-state index contributed by atoms with van der Waals surface area (Å²) >= 11 is 3.49. The van der Waals surface area contributed by atoms with Crippen molar-refractivity contribution in [3.63, 3.8) is 0 Å². The minimum atomic E-state index is 0.823. The quantitative estimate of drug-likeness (QED) is 0.892. The molecule has 0 spiro atoms. The Balaban J connectivity index is 1.73. The number of hydrogen-bond acceptors (Lipinski definition) is 3. The van der Waals surface area contributed by atoms with Crippen molar-refractivity contribution in [2.75, 3.05) is 25.0 Å². The van der Waals surface area contributed by atoms with Crippen molar-refractivity contribution in [1.29, 1.82) is 0 Å². The van der Waals surface area contributed by atoms with Crippen LogP contribution in [0.1, 0.15) is 19.3 Å². The third kappa shape index (κ3) is 3.46. The zero-order valence-corrected chi connectivity index (χ0v) is 11.0. The zero-order chi connectivity index (χ0) is 11.2. The largest absolute Gasteiger partial charge is 0.369 e. The molecule has 1 fully saturated rings. The molecule has 2 rings (SSSR count). The molecular weight excluding hydrogens is 266 g/mol. The molecule has 0 bridgehead atoms. The number of pyridine rings is 1.